The second kappa shape index (κ2) is 53.2. The number of rotatable bonds is 57. The highest BCUT2D eigenvalue weighted by Crippen LogP contribution is 2.26. The van der Waals surface area contributed by atoms with Crippen molar-refractivity contribution in [2.75, 3.05) is 26.4 Å². The number of allylic oxidation sites excluding steroid dienone is 4. The second-order valence-corrected chi connectivity index (χ2v) is 23.1. The molecule has 0 aromatic carbocycles. The SMILES string of the molecule is CCCCCCC/C=C\C/C=C\CCCCCCCCCCCCCCOCC(COC1OC(CO)C(O)C(OS(=O)(=O)O)C1O)OC(=O)CCCCCCCCCCCCCCCCCCCCCCCCCC. The molecule has 0 saturated carbocycles. The van der Waals surface area contributed by atoms with E-state index in [1.165, 1.54) is 231 Å². The van der Waals surface area contributed by atoms with Crippen molar-refractivity contribution in [3.05, 3.63) is 24.3 Å². The first-order chi connectivity index (χ1) is 36.6. The fraction of sp³-hybridized carbons (Fsp3) is 0.919. The van der Waals surface area contributed by atoms with Crippen LogP contribution in [0.3, 0.4) is 0 Å². The fourth-order valence-electron chi connectivity index (χ4n) is 10.1. The maximum atomic E-state index is 13.0. The molecule has 0 spiro atoms. The van der Waals surface area contributed by atoms with E-state index < -0.39 is 59.8 Å². The van der Waals surface area contributed by atoms with Crippen molar-refractivity contribution in [3.8, 4) is 0 Å². The molecule has 444 valence electrons. The van der Waals surface area contributed by atoms with Gasteiger partial charge in [0.15, 0.2) is 6.29 Å². The number of carbonyl (C=O) groups is 1. The van der Waals surface area contributed by atoms with Crippen LogP contribution in [0.1, 0.15) is 303 Å². The molecule has 13 heteroatoms. The number of esters is 1. The summed E-state index contributed by atoms with van der Waals surface area (Å²) >= 11 is 0. The molecule has 0 radical (unpaired) electrons. The number of aliphatic hydroxyl groups is 3. The second-order valence-electron chi connectivity index (χ2n) is 22.0. The minimum Gasteiger partial charge on any atom is -0.457 e. The highest BCUT2D eigenvalue weighted by atomic mass is 32.3. The van der Waals surface area contributed by atoms with E-state index in [0.29, 0.717) is 13.0 Å². The Kier molecular flexibility index (Phi) is 50.8. The van der Waals surface area contributed by atoms with Crippen LogP contribution in [-0.2, 0) is 38.3 Å². The molecule has 1 saturated heterocycles. The normalized spacial score (nSPS) is 18.7. The highest BCUT2D eigenvalue weighted by Gasteiger charge is 2.48. The van der Waals surface area contributed by atoms with Gasteiger partial charge in [0, 0.05) is 13.0 Å². The molecule has 6 unspecified atom stereocenters. The summed E-state index contributed by atoms with van der Waals surface area (Å²) in [7, 11) is -5.07. The molecule has 1 heterocycles. The van der Waals surface area contributed by atoms with E-state index in [4.69, 9.17) is 18.9 Å². The summed E-state index contributed by atoms with van der Waals surface area (Å²) in [6.07, 6.45) is 56.5. The minimum atomic E-state index is -5.07. The van der Waals surface area contributed by atoms with Gasteiger partial charge in [-0.05, 0) is 44.9 Å². The maximum Gasteiger partial charge on any atom is 0.397 e. The molecular formula is C62H118O12S. The van der Waals surface area contributed by atoms with E-state index in [0.717, 1.165) is 44.9 Å². The Balaban J connectivity index is 2.24. The smallest absolute Gasteiger partial charge is 0.397 e. The summed E-state index contributed by atoms with van der Waals surface area (Å²) in [5.74, 6) is -0.391. The molecule has 1 fully saturated rings. The monoisotopic (exact) mass is 1090 g/mol. The number of hydrogen-bond donors (Lipinski definition) is 4. The van der Waals surface area contributed by atoms with Crippen molar-refractivity contribution in [3.63, 3.8) is 0 Å². The van der Waals surface area contributed by atoms with Gasteiger partial charge in [0.1, 0.15) is 30.5 Å². The molecule has 1 rings (SSSR count). The molecule has 0 aromatic heterocycles. The molecule has 6 atom stereocenters. The maximum absolute atomic E-state index is 13.0. The zero-order valence-corrected chi connectivity index (χ0v) is 49.2. The lowest BCUT2D eigenvalue weighted by atomic mass is 9.99. The van der Waals surface area contributed by atoms with Crippen LogP contribution >= 0.6 is 0 Å². The summed E-state index contributed by atoms with van der Waals surface area (Å²) in [6, 6.07) is 0. The third kappa shape index (κ3) is 46.1. The molecule has 12 nitrogen and oxygen atoms in total. The van der Waals surface area contributed by atoms with Gasteiger partial charge in [-0.15, -0.1) is 0 Å². The van der Waals surface area contributed by atoms with Gasteiger partial charge in [-0.25, -0.2) is 4.18 Å². The quantitative estimate of drug-likeness (QED) is 0.0196. The molecule has 4 N–H and O–H groups in total. The van der Waals surface area contributed by atoms with Gasteiger partial charge in [-0.3, -0.25) is 9.35 Å². The summed E-state index contributed by atoms with van der Waals surface area (Å²) in [6.45, 7) is 4.05. The Morgan fingerprint density at radius 3 is 1.27 bits per heavy atom. The van der Waals surface area contributed by atoms with E-state index in [-0.39, 0.29) is 19.6 Å². The van der Waals surface area contributed by atoms with E-state index in [2.05, 4.69) is 42.3 Å². The minimum absolute atomic E-state index is 0.0403. The summed E-state index contributed by atoms with van der Waals surface area (Å²) in [5, 5.41) is 30.9. The van der Waals surface area contributed by atoms with E-state index >= 15 is 0 Å². The standard InChI is InChI=1S/C62H118O12S/c1-3-5-7-9-11-13-15-17-19-21-23-25-27-29-31-33-35-37-39-41-43-45-47-49-51-58(64)72-56(55-71-62-60(66)61(74-75(67,68)69)59(65)57(53-63)73-62)54-70-52-50-48-46-44-42-40-38-36-34-32-30-28-26-24-22-20-18-16-14-12-10-8-6-4-2/h16,18,22,24,56-57,59-63,65-66H,3-15,17,19-21,23,25-55H2,1-2H3,(H,67,68,69)/b18-16-,24-22-. The first-order valence-corrected chi connectivity index (χ1v) is 33.0. The van der Waals surface area contributed by atoms with Gasteiger partial charge in [0.25, 0.3) is 0 Å². The first-order valence-electron chi connectivity index (χ1n) is 31.6. The van der Waals surface area contributed by atoms with Crippen LogP contribution in [0.15, 0.2) is 24.3 Å². The Labute approximate surface area is 461 Å². The average Bonchev–Trinajstić information content (AvgIpc) is 3.39. The number of hydrogen-bond acceptors (Lipinski definition) is 11. The van der Waals surface area contributed by atoms with Crippen LogP contribution in [-0.4, -0.2) is 97.5 Å². The molecule has 0 bridgehead atoms. The molecule has 1 aliphatic heterocycles. The van der Waals surface area contributed by atoms with Crippen molar-refractivity contribution in [2.45, 2.75) is 340 Å². The highest BCUT2D eigenvalue weighted by molar-refractivity contribution is 7.80. The third-order valence-electron chi connectivity index (χ3n) is 14.8. The predicted molar refractivity (Wildman–Crippen MR) is 308 cm³/mol. The number of ether oxygens (including phenoxy) is 4. The van der Waals surface area contributed by atoms with Crippen LogP contribution in [0.2, 0.25) is 0 Å². The van der Waals surface area contributed by atoms with E-state index in [1.807, 2.05) is 0 Å². The molecule has 0 amide bonds. The van der Waals surface area contributed by atoms with Crippen molar-refractivity contribution >= 4 is 16.4 Å². The van der Waals surface area contributed by atoms with Crippen LogP contribution in [0.25, 0.3) is 0 Å². The number of carbonyl (C=O) groups excluding carboxylic acids is 1. The zero-order chi connectivity index (χ0) is 54.6. The van der Waals surface area contributed by atoms with Gasteiger partial charge in [0.05, 0.1) is 19.8 Å². The van der Waals surface area contributed by atoms with Crippen molar-refractivity contribution in [2.24, 2.45) is 0 Å². The Hall–Kier alpha value is -1.42. The van der Waals surface area contributed by atoms with E-state index in [9.17, 15) is 33.1 Å². The lowest BCUT2D eigenvalue weighted by Crippen LogP contribution is -2.60. The van der Waals surface area contributed by atoms with Crippen LogP contribution in [0.4, 0.5) is 0 Å². The largest absolute Gasteiger partial charge is 0.457 e. The molecule has 1 aliphatic rings. The fourth-order valence-corrected chi connectivity index (χ4v) is 10.6. The van der Waals surface area contributed by atoms with Crippen LogP contribution < -0.4 is 0 Å². The van der Waals surface area contributed by atoms with Gasteiger partial charge < -0.3 is 34.3 Å². The Morgan fingerprint density at radius 2 is 0.880 bits per heavy atom. The van der Waals surface area contributed by atoms with Crippen molar-refractivity contribution in [1.29, 1.82) is 0 Å². The van der Waals surface area contributed by atoms with Crippen molar-refractivity contribution < 1.29 is 56.2 Å². The Bertz CT molecular complexity index is 1390. The summed E-state index contributed by atoms with van der Waals surface area (Å²) in [5.41, 5.74) is 0. The number of unbranched alkanes of at least 4 members (excludes halogenated alkanes) is 40. The number of aliphatic hydroxyl groups excluding tert-OH is 3. The predicted octanol–water partition coefficient (Wildman–Crippen LogP) is 16.3. The topological polar surface area (TPSA) is 178 Å². The molecular weight excluding hydrogens is 969 g/mol. The zero-order valence-electron chi connectivity index (χ0n) is 48.4. The average molecular weight is 1090 g/mol. The third-order valence-corrected chi connectivity index (χ3v) is 15.3. The summed E-state index contributed by atoms with van der Waals surface area (Å²) < 4.78 is 59.6. The lowest BCUT2D eigenvalue weighted by Gasteiger charge is -2.41. The van der Waals surface area contributed by atoms with Gasteiger partial charge in [-0.1, -0.05) is 276 Å². The lowest BCUT2D eigenvalue weighted by molar-refractivity contribution is -0.301. The molecule has 0 aliphatic carbocycles. The van der Waals surface area contributed by atoms with Crippen molar-refractivity contribution in [1.82, 2.24) is 0 Å². The van der Waals surface area contributed by atoms with Gasteiger partial charge in [0.2, 0.25) is 0 Å². The van der Waals surface area contributed by atoms with Crippen LogP contribution in [0.5, 0.6) is 0 Å². The van der Waals surface area contributed by atoms with Gasteiger partial charge in [-0.2, -0.15) is 8.42 Å². The van der Waals surface area contributed by atoms with Gasteiger partial charge >= 0.3 is 16.4 Å². The molecule has 0 aromatic rings. The van der Waals surface area contributed by atoms with Crippen LogP contribution in [0, 0.1) is 0 Å². The molecule has 75 heavy (non-hydrogen) atoms. The Morgan fingerprint density at radius 1 is 0.507 bits per heavy atom. The first kappa shape index (κ1) is 71.6. The summed E-state index contributed by atoms with van der Waals surface area (Å²) in [4.78, 5) is 13.0. The van der Waals surface area contributed by atoms with E-state index in [1.54, 1.807) is 0 Å².